The lowest BCUT2D eigenvalue weighted by Gasteiger charge is -2.32. The fraction of sp³-hybridized carbons (Fsp3) is 1.00. The van der Waals surface area contributed by atoms with E-state index >= 15 is 0 Å². The molecule has 0 aromatic heterocycles. The average Bonchev–Trinajstić information content (AvgIpc) is 2.39. The molecule has 0 saturated carbocycles. The van der Waals surface area contributed by atoms with Gasteiger partial charge in [-0.25, -0.2) is 0 Å². The van der Waals surface area contributed by atoms with E-state index in [-0.39, 0.29) is 0 Å². The molecular weight excluding hydrogens is 240 g/mol. The first-order chi connectivity index (χ1) is 9.26. The highest BCUT2D eigenvalue weighted by molar-refractivity contribution is 4.77. The second-order valence-corrected chi connectivity index (χ2v) is 5.44. The van der Waals surface area contributed by atoms with Crippen LogP contribution in [0.5, 0.6) is 0 Å². The summed E-state index contributed by atoms with van der Waals surface area (Å²) in [5, 5.41) is 3.52. The summed E-state index contributed by atoms with van der Waals surface area (Å²) in [6, 6.07) is 0.666. The van der Waals surface area contributed by atoms with Crippen molar-refractivity contribution in [2.75, 3.05) is 52.6 Å². The predicted octanol–water partition coefficient (Wildman–Crippen LogP) is 1.75. The van der Waals surface area contributed by atoms with Crippen LogP contribution in [0.2, 0.25) is 0 Å². The van der Waals surface area contributed by atoms with Gasteiger partial charge in [0.2, 0.25) is 0 Å². The molecule has 0 radical (unpaired) electrons. The molecule has 1 heterocycles. The fourth-order valence-electron chi connectivity index (χ4n) is 2.74. The number of piperidine rings is 1. The second-order valence-electron chi connectivity index (χ2n) is 5.44. The van der Waals surface area contributed by atoms with Crippen LogP contribution in [-0.4, -0.2) is 63.5 Å². The molecule has 2 atom stereocenters. The monoisotopic (exact) mass is 272 g/mol. The van der Waals surface area contributed by atoms with Gasteiger partial charge in [0, 0.05) is 38.9 Å². The largest absolute Gasteiger partial charge is 0.380 e. The van der Waals surface area contributed by atoms with E-state index in [1.807, 2.05) is 0 Å². The zero-order valence-electron chi connectivity index (χ0n) is 13.0. The number of hydrogen-bond acceptors (Lipinski definition) is 4. The van der Waals surface area contributed by atoms with E-state index in [1.54, 1.807) is 0 Å². The van der Waals surface area contributed by atoms with Crippen LogP contribution in [0.25, 0.3) is 0 Å². The lowest BCUT2D eigenvalue weighted by atomic mass is 9.93. The smallest absolute Gasteiger partial charge is 0.0593 e. The summed E-state index contributed by atoms with van der Waals surface area (Å²) in [5.74, 6) is 0.819. The Bertz CT molecular complexity index is 204. The molecule has 2 unspecified atom stereocenters. The van der Waals surface area contributed by atoms with Crippen molar-refractivity contribution in [3.8, 4) is 0 Å². The van der Waals surface area contributed by atoms with Gasteiger partial charge in [-0.3, -0.25) is 4.90 Å². The van der Waals surface area contributed by atoms with Crippen LogP contribution < -0.4 is 5.32 Å². The molecule has 1 fully saturated rings. The molecule has 19 heavy (non-hydrogen) atoms. The summed E-state index contributed by atoms with van der Waals surface area (Å²) in [5.41, 5.74) is 0. The van der Waals surface area contributed by atoms with Crippen molar-refractivity contribution in [2.45, 2.75) is 39.7 Å². The first kappa shape index (κ1) is 16.9. The van der Waals surface area contributed by atoms with E-state index < -0.39 is 0 Å². The minimum absolute atomic E-state index is 0.666. The lowest BCUT2D eigenvalue weighted by molar-refractivity contribution is 0.0713. The number of nitrogens with zero attached hydrogens (tertiary/aromatic N) is 1. The molecule has 1 saturated heterocycles. The van der Waals surface area contributed by atoms with Crippen LogP contribution in [-0.2, 0) is 9.47 Å². The third-order valence-corrected chi connectivity index (χ3v) is 3.76. The van der Waals surface area contributed by atoms with Gasteiger partial charge in [-0.05, 0) is 46.1 Å². The summed E-state index contributed by atoms with van der Waals surface area (Å²) in [4.78, 5) is 2.51. The molecule has 1 rings (SSSR count). The maximum atomic E-state index is 5.49. The number of ether oxygens (including phenoxy) is 2. The third kappa shape index (κ3) is 7.88. The van der Waals surface area contributed by atoms with Crippen LogP contribution in [0.3, 0.4) is 0 Å². The summed E-state index contributed by atoms with van der Waals surface area (Å²) < 4.78 is 11.0. The number of rotatable bonds is 10. The lowest BCUT2D eigenvalue weighted by Crippen LogP contribution is -2.42. The predicted molar refractivity (Wildman–Crippen MR) is 79.6 cm³/mol. The van der Waals surface area contributed by atoms with E-state index in [2.05, 4.69) is 31.0 Å². The molecule has 4 nitrogen and oxygen atoms in total. The first-order valence-electron chi connectivity index (χ1n) is 7.87. The normalized spacial score (nSPS) is 24.0. The van der Waals surface area contributed by atoms with Crippen molar-refractivity contribution in [2.24, 2.45) is 5.92 Å². The van der Waals surface area contributed by atoms with E-state index in [0.717, 1.165) is 52.0 Å². The Balaban J connectivity index is 2.28. The van der Waals surface area contributed by atoms with Gasteiger partial charge < -0.3 is 14.8 Å². The maximum Gasteiger partial charge on any atom is 0.0593 e. The fourth-order valence-corrected chi connectivity index (χ4v) is 2.74. The van der Waals surface area contributed by atoms with Crippen molar-refractivity contribution in [1.82, 2.24) is 10.2 Å². The molecule has 0 aliphatic carbocycles. The molecule has 1 N–H and O–H groups in total. The Morgan fingerprint density at radius 2 is 1.74 bits per heavy atom. The summed E-state index contributed by atoms with van der Waals surface area (Å²) in [6.45, 7) is 14.1. The van der Waals surface area contributed by atoms with Gasteiger partial charge in [0.1, 0.15) is 0 Å². The Morgan fingerprint density at radius 3 is 2.26 bits per heavy atom. The summed E-state index contributed by atoms with van der Waals surface area (Å²) in [6.07, 6.45) is 2.59. The van der Waals surface area contributed by atoms with Crippen LogP contribution in [0.15, 0.2) is 0 Å². The zero-order chi connectivity index (χ0) is 13.9. The SMILES string of the molecule is CCOCCN(CCOCC)CC1CCNC(C)C1. The minimum Gasteiger partial charge on any atom is -0.380 e. The van der Waals surface area contributed by atoms with Gasteiger partial charge in [-0.15, -0.1) is 0 Å². The highest BCUT2D eigenvalue weighted by Gasteiger charge is 2.20. The third-order valence-electron chi connectivity index (χ3n) is 3.76. The Morgan fingerprint density at radius 1 is 1.11 bits per heavy atom. The van der Waals surface area contributed by atoms with Crippen molar-refractivity contribution >= 4 is 0 Å². The highest BCUT2D eigenvalue weighted by atomic mass is 16.5. The van der Waals surface area contributed by atoms with E-state index in [4.69, 9.17) is 9.47 Å². The molecule has 0 spiro atoms. The van der Waals surface area contributed by atoms with Gasteiger partial charge >= 0.3 is 0 Å². The van der Waals surface area contributed by atoms with Crippen LogP contribution >= 0.6 is 0 Å². The molecule has 0 amide bonds. The molecule has 114 valence electrons. The second kappa shape index (κ2) is 10.6. The summed E-state index contributed by atoms with van der Waals surface area (Å²) in [7, 11) is 0. The molecule has 1 aliphatic heterocycles. The maximum absolute atomic E-state index is 5.49. The van der Waals surface area contributed by atoms with Crippen LogP contribution in [0, 0.1) is 5.92 Å². The van der Waals surface area contributed by atoms with E-state index in [1.165, 1.54) is 19.4 Å². The van der Waals surface area contributed by atoms with Crippen LogP contribution in [0.4, 0.5) is 0 Å². The van der Waals surface area contributed by atoms with Gasteiger partial charge in [0.15, 0.2) is 0 Å². The topological polar surface area (TPSA) is 33.7 Å². The van der Waals surface area contributed by atoms with Crippen molar-refractivity contribution in [3.05, 3.63) is 0 Å². The minimum atomic E-state index is 0.666. The average molecular weight is 272 g/mol. The number of nitrogens with one attached hydrogen (secondary N) is 1. The molecule has 0 aromatic rings. The van der Waals surface area contributed by atoms with Gasteiger partial charge in [0.05, 0.1) is 13.2 Å². The molecular formula is C15H32N2O2. The van der Waals surface area contributed by atoms with Gasteiger partial charge in [-0.1, -0.05) is 0 Å². The Kier molecular flexibility index (Phi) is 9.43. The van der Waals surface area contributed by atoms with Crippen molar-refractivity contribution in [3.63, 3.8) is 0 Å². The standard InChI is InChI=1S/C15H32N2O2/c1-4-18-10-8-17(9-11-19-5-2)13-15-6-7-16-14(3)12-15/h14-16H,4-13H2,1-3H3. The molecule has 0 aromatic carbocycles. The molecule has 1 aliphatic rings. The zero-order valence-corrected chi connectivity index (χ0v) is 13.0. The quantitative estimate of drug-likeness (QED) is 0.614. The summed E-state index contributed by atoms with van der Waals surface area (Å²) >= 11 is 0. The Labute approximate surface area is 118 Å². The first-order valence-corrected chi connectivity index (χ1v) is 7.87. The van der Waals surface area contributed by atoms with Crippen molar-refractivity contribution < 1.29 is 9.47 Å². The van der Waals surface area contributed by atoms with Crippen molar-refractivity contribution in [1.29, 1.82) is 0 Å². The van der Waals surface area contributed by atoms with Gasteiger partial charge in [-0.2, -0.15) is 0 Å². The molecule has 0 bridgehead atoms. The van der Waals surface area contributed by atoms with E-state index in [0.29, 0.717) is 6.04 Å². The van der Waals surface area contributed by atoms with E-state index in [9.17, 15) is 0 Å². The Hall–Kier alpha value is -0.160. The van der Waals surface area contributed by atoms with Gasteiger partial charge in [0.25, 0.3) is 0 Å². The van der Waals surface area contributed by atoms with Crippen LogP contribution in [0.1, 0.15) is 33.6 Å². The highest BCUT2D eigenvalue weighted by Crippen LogP contribution is 2.17. The molecule has 4 heteroatoms. The number of hydrogen-bond donors (Lipinski definition) is 1.